The molecule has 3 rings (SSSR count). The molecule has 0 aliphatic carbocycles. The highest BCUT2D eigenvalue weighted by atomic mass is 35.5. The van der Waals surface area contributed by atoms with Gasteiger partial charge in [-0.25, -0.2) is 9.59 Å². The van der Waals surface area contributed by atoms with Crippen molar-refractivity contribution in [3.63, 3.8) is 0 Å². The number of aliphatic carboxylic acids is 1. The van der Waals surface area contributed by atoms with Crippen LogP contribution in [-0.2, 0) is 20.7 Å². The molecule has 0 bridgehead atoms. The minimum Gasteiger partial charge on any atom is -0.478 e. The van der Waals surface area contributed by atoms with Gasteiger partial charge in [-0.15, -0.1) is 0 Å². The van der Waals surface area contributed by atoms with Crippen molar-refractivity contribution in [1.29, 1.82) is 0 Å². The van der Waals surface area contributed by atoms with Crippen molar-refractivity contribution in [3.05, 3.63) is 105 Å². The lowest BCUT2D eigenvalue weighted by molar-refractivity contribution is -0.142. The van der Waals surface area contributed by atoms with E-state index in [9.17, 15) is 19.2 Å². The van der Waals surface area contributed by atoms with E-state index < -0.39 is 29.8 Å². The van der Waals surface area contributed by atoms with Gasteiger partial charge in [-0.2, -0.15) is 0 Å². The molecule has 1 atom stereocenters. The van der Waals surface area contributed by atoms with Crippen LogP contribution in [0.5, 0.6) is 0 Å². The third-order valence-corrected chi connectivity index (χ3v) is 5.85. The van der Waals surface area contributed by atoms with Gasteiger partial charge in [0.15, 0.2) is 0 Å². The number of benzene rings is 3. The number of esters is 1. The molecule has 2 amide bonds. The van der Waals surface area contributed by atoms with Gasteiger partial charge in [0.1, 0.15) is 6.04 Å². The molecule has 3 N–H and O–H groups in total. The van der Waals surface area contributed by atoms with E-state index in [2.05, 4.69) is 10.6 Å². The topological polar surface area (TPSA) is 122 Å². The molecule has 0 aromatic heterocycles. The predicted molar refractivity (Wildman–Crippen MR) is 141 cm³/mol. The third-order valence-electron chi connectivity index (χ3n) is 5.22. The Bertz CT molecular complexity index is 1320. The smallest absolute Gasteiger partial charge is 0.328 e. The lowest BCUT2D eigenvalue weighted by atomic mass is 10.0. The fourth-order valence-electron chi connectivity index (χ4n) is 3.36. The minimum absolute atomic E-state index is 0.141. The number of carboxylic acid groups (broad SMARTS) is 1. The summed E-state index contributed by atoms with van der Waals surface area (Å²) in [5, 5.41) is 14.5. The van der Waals surface area contributed by atoms with Crippen molar-refractivity contribution in [2.75, 3.05) is 12.4 Å². The van der Waals surface area contributed by atoms with E-state index >= 15 is 0 Å². The van der Waals surface area contributed by atoms with Gasteiger partial charge in [0.2, 0.25) is 0 Å². The Morgan fingerprint density at radius 1 is 0.919 bits per heavy atom. The molecule has 10 heteroatoms. The number of carboxylic acids is 1. The van der Waals surface area contributed by atoms with Crippen molar-refractivity contribution >= 4 is 58.7 Å². The van der Waals surface area contributed by atoms with Crippen LogP contribution in [0.3, 0.4) is 0 Å². The summed E-state index contributed by atoms with van der Waals surface area (Å²) >= 11 is 12.2. The normalized spacial score (nSPS) is 11.5. The molecule has 0 saturated carbocycles. The number of amides is 2. The Labute approximate surface area is 222 Å². The molecule has 0 aliphatic heterocycles. The van der Waals surface area contributed by atoms with Crippen molar-refractivity contribution in [2.45, 2.75) is 12.5 Å². The number of rotatable bonds is 9. The van der Waals surface area contributed by atoms with E-state index in [1.165, 1.54) is 25.3 Å². The Morgan fingerprint density at radius 2 is 1.54 bits per heavy atom. The second kappa shape index (κ2) is 12.7. The zero-order chi connectivity index (χ0) is 26.9. The Kier molecular flexibility index (Phi) is 9.43. The molecule has 0 unspecified atom stereocenters. The van der Waals surface area contributed by atoms with E-state index in [0.29, 0.717) is 16.8 Å². The molecule has 0 aliphatic rings. The Morgan fingerprint density at radius 3 is 2.11 bits per heavy atom. The molecule has 0 saturated heterocycles. The Balaban J connectivity index is 1.67. The number of carbonyl (C=O) groups excluding carboxylic acids is 3. The van der Waals surface area contributed by atoms with Gasteiger partial charge >= 0.3 is 11.9 Å². The number of ether oxygens (including phenoxy) is 1. The maximum absolute atomic E-state index is 12.7. The monoisotopic (exact) mass is 540 g/mol. The minimum atomic E-state index is -1.08. The van der Waals surface area contributed by atoms with Crippen LogP contribution in [0.1, 0.15) is 31.8 Å². The zero-order valence-corrected chi connectivity index (χ0v) is 21.0. The van der Waals surface area contributed by atoms with E-state index in [1.54, 1.807) is 54.6 Å². The summed E-state index contributed by atoms with van der Waals surface area (Å²) in [6.07, 6.45) is 2.53. The first-order chi connectivity index (χ1) is 17.7. The maximum atomic E-state index is 12.7. The SMILES string of the molecule is COC(=O)[C@H](Cc1ccc(NC(=O)c2c(Cl)cccc2Cl)cc1)NC(=O)c1ccc(/C=C/C(=O)O)cc1. The van der Waals surface area contributed by atoms with E-state index in [-0.39, 0.29) is 27.6 Å². The van der Waals surface area contributed by atoms with Gasteiger partial charge in [-0.1, -0.05) is 53.5 Å². The summed E-state index contributed by atoms with van der Waals surface area (Å²) in [7, 11) is 1.23. The standard InChI is InChI=1S/C27H22Cl2N2O6/c1-37-27(36)22(31-25(34)18-10-5-16(6-11-18)9-14-23(32)33)15-17-7-12-19(13-8-17)30-26(35)24-20(28)3-2-4-21(24)29/h2-14,22H,15H2,1H3,(H,30,35)(H,31,34)(H,32,33)/b14-9+/t22-/m0/s1. The number of halogens is 2. The average Bonchev–Trinajstić information content (AvgIpc) is 2.87. The summed E-state index contributed by atoms with van der Waals surface area (Å²) in [5.74, 6) is -2.67. The number of methoxy groups -OCH3 is 1. The molecule has 3 aromatic rings. The lowest BCUT2D eigenvalue weighted by Gasteiger charge is -2.17. The third kappa shape index (κ3) is 7.67. The van der Waals surface area contributed by atoms with Crippen molar-refractivity contribution in [1.82, 2.24) is 5.32 Å². The predicted octanol–water partition coefficient (Wildman–Crippen LogP) is 4.86. The van der Waals surface area contributed by atoms with Crippen LogP contribution in [0.2, 0.25) is 10.0 Å². The first-order valence-electron chi connectivity index (χ1n) is 10.9. The fraction of sp³-hybridized carbons (Fsp3) is 0.111. The van der Waals surface area contributed by atoms with Crippen LogP contribution < -0.4 is 10.6 Å². The number of hydrogen-bond donors (Lipinski definition) is 3. The molecule has 0 heterocycles. The van der Waals surface area contributed by atoms with Crippen molar-refractivity contribution < 1.29 is 29.0 Å². The summed E-state index contributed by atoms with van der Waals surface area (Å²) < 4.78 is 4.84. The number of hydrogen-bond acceptors (Lipinski definition) is 5. The van der Waals surface area contributed by atoms with E-state index in [4.69, 9.17) is 33.0 Å². The van der Waals surface area contributed by atoms with Crippen LogP contribution in [0.15, 0.2) is 72.8 Å². The molecule has 190 valence electrons. The highest BCUT2D eigenvalue weighted by molar-refractivity contribution is 6.40. The second-order valence-corrected chi connectivity index (χ2v) is 8.61. The van der Waals surface area contributed by atoms with E-state index in [1.807, 2.05) is 0 Å². The van der Waals surface area contributed by atoms with Crippen LogP contribution >= 0.6 is 23.2 Å². The highest BCUT2D eigenvalue weighted by Crippen LogP contribution is 2.25. The number of anilines is 1. The molecular weight excluding hydrogens is 519 g/mol. The molecule has 0 fully saturated rings. The van der Waals surface area contributed by atoms with Crippen LogP contribution in [0.25, 0.3) is 6.08 Å². The maximum Gasteiger partial charge on any atom is 0.328 e. The van der Waals surface area contributed by atoms with Crippen molar-refractivity contribution in [2.24, 2.45) is 0 Å². The van der Waals surface area contributed by atoms with Crippen LogP contribution in [0, 0.1) is 0 Å². The van der Waals surface area contributed by atoms with Crippen molar-refractivity contribution in [3.8, 4) is 0 Å². The first kappa shape index (κ1) is 27.4. The molecule has 37 heavy (non-hydrogen) atoms. The largest absolute Gasteiger partial charge is 0.478 e. The van der Waals surface area contributed by atoms with E-state index in [0.717, 1.165) is 6.08 Å². The van der Waals surface area contributed by atoms with Gasteiger partial charge in [0.05, 0.1) is 22.7 Å². The summed E-state index contributed by atoms with van der Waals surface area (Å²) in [6.45, 7) is 0. The molecule has 0 spiro atoms. The highest BCUT2D eigenvalue weighted by Gasteiger charge is 2.23. The number of carbonyl (C=O) groups is 4. The quantitative estimate of drug-likeness (QED) is 0.263. The molecule has 3 aromatic carbocycles. The van der Waals surface area contributed by atoms with Gasteiger partial charge < -0.3 is 20.5 Å². The summed E-state index contributed by atoms with van der Waals surface area (Å²) in [4.78, 5) is 48.3. The molecule has 0 radical (unpaired) electrons. The van der Waals surface area contributed by atoms with Crippen LogP contribution in [0.4, 0.5) is 5.69 Å². The summed E-state index contributed by atoms with van der Waals surface area (Å²) in [5.41, 5.74) is 2.25. The van der Waals surface area contributed by atoms with Gasteiger partial charge in [0.25, 0.3) is 11.8 Å². The summed E-state index contributed by atoms with van der Waals surface area (Å²) in [6, 6.07) is 16.7. The first-order valence-corrected chi connectivity index (χ1v) is 11.7. The average molecular weight is 541 g/mol. The second-order valence-electron chi connectivity index (χ2n) is 7.79. The fourth-order valence-corrected chi connectivity index (χ4v) is 3.93. The van der Waals surface area contributed by atoms with Gasteiger partial charge in [0, 0.05) is 23.7 Å². The van der Waals surface area contributed by atoms with Gasteiger partial charge in [-0.3, -0.25) is 9.59 Å². The molecular formula is C27H22Cl2N2O6. The van der Waals surface area contributed by atoms with Crippen LogP contribution in [-0.4, -0.2) is 42.0 Å². The van der Waals surface area contributed by atoms with Gasteiger partial charge in [-0.05, 0) is 53.6 Å². The number of nitrogens with one attached hydrogen (secondary N) is 2. The zero-order valence-electron chi connectivity index (χ0n) is 19.5. The lowest BCUT2D eigenvalue weighted by Crippen LogP contribution is -2.43. The Hall–Kier alpha value is -4.14. The molecule has 8 nitrogen and oxygen atoms in total.